The van der Waals surface area contributed by atoms with E-state index in [1.165, 1.54) is 38.5 Å². The molecule has 1 aromatic heterocycles. The van der Waals surface area contributed by atoms with Gasteiger partial charge in [0.2, 0.25) is 5.91 Å². The second kappa shape index (κ2) is 5.73. The Morgan fingerprint density at radius 3 is 2.43 bits per heavy atom. The average Bonchev–Trinajstić information content (AvgIpc) is 2.51. The Morgan fingerprint density at radius 1 is 1.22 bits per heavy atom. The molecular weight excluding hydrogens is 286 g/mol. The van der Waals surface area contributed by atoms with Crippen LogP contribution in [0, 0.1) is 23.2 Å². The average molecular weight is 311 g/mol. The normalized spacial score (nSPS) is 35.3. The zero-order valence-electron chi connectivity index (χ0n) is 13.8. The number of carbonyl (C=O) groups excluding carboxylic acids is 1. The van der Waals surface area contributed by atoms with E-state index in [2.05, 4.69) is 15.5 Å². The van der Waals surface area contributed by atoms with Gasteiger partial charge < -0.3 is 0 Å². The highest BCUT2D eigenvalue weighted by Gasteiger charge is 2.51. The van der Waals surface area contributed by atoms with Crippen molar-refractivity contribution in [1.82, 2.24) is 10.4 Å². The van der Waals surface area contributed by atoms with Gasteiger partial charge in [0.15, 0.2) is 0 Å². The van der Waals surface area contributed by atoms with Crippen molar-refractivity contribution >= 4 is 11.6 Å². The summed E-state index contributed by atoms with van der Waals surface area (Å²) < 4.78 is 0. The second-order valence-electron chi connectivity index (χ2n) is 8.04. The van der Waals surface area contributed by atoms with E-state index in [0.717, 1.165) is 29.2 Å². The maximum Gasteiger partial charge on any atom is 0.240 e. The molecule has 0 saturated heterocycles. The minimum atomic E-state index is 0.0715. The number of nitrogens with zero attached hydrogens (tertiary/aromatic N) is 2. The smallest absolute Gasteiger partial charge is 0.240 e. The number of hydrogen-bond acceptors (Lipinski definition) is 3. The summed E-state index contributed by atoms with van der Waals surface area (Å²) in [5.41, 5.74) is 4.60. The van der Waals surface area contributed by atoms with Gasteiger partial charge in [-0.1, -0.05) is 6.07 Å². The predicted octanol–water partition coefficient (Wildman–Crippen LogP) is 3.53. The summed E-state index contributed by atoms with van der Waals surface area (Å²) in [4.78, 5) is 16.7. The molecule has 4 saturated carbocycles. The Labute approximate surface area is 137 Å². The van der Waals surface area contributed by atoms with E-state index in [-0.39, 0.29) is 11.3 Å². The molecule has 1 heterocycles. The molecule has 0 spiro atoms. The molecule has 122 valence electrons. The largest absolute Gasteiger partial charge is 0.273 e. The van der Waals surface area contributed by atoms with E-state index < -0.39 is 0 Å². The molecule has 1 aromatic rings. The van der Waals surface area contributed by atoms with E-state index in [0.29, 0.717) is 6.42 Å². The fraction of sp³-hybridized carbons (Fsp3) is 0.632. The standard InChI is InChI=1S/C19H25N3O/c1-13(17-4-2-3-5-20-17)21-22-18(23)12-19-9-14-6-15(10-19)8-16(7-14)11-19/h2-5,14-16H,6-12H2,1H3,(H,22,23)/b21-13-. The lowest BCUT2D eigenvalue weighted by Crippen LogP contribution is -2.47. The third kappa shape index (κ3) is 3.04. The van der Waals surface area contributed by atoms with E-state index in [9.17, 15) is 4.79 Å². The number of hydrazone groups is 1. The molecule has 1 amide bonds. The van der Waals surface area contributed by atoms with Gasteiger partial charge in [-0.25, -0.2) is 5.43 Å². The van der Waals surface area contributed by atoms with Crippen molar-refractivity contribution < 1.29 is 4.79 Å². The van der Waals surface area contributed by atoms with Crippen LogP contribution >= 0.6 is 0 Å². The van der Waals surface area contributed by atoms with Crippen LogP contribution in [0.2, 0.25) is 0 Å². The monoisotopic (exact) mass is 311 g/mol. The van der Waals surface area contributed by atoms with Crippen molar-refractivity contribution in [3.8, 4) is 0 Å². The van der Waals surface area contributed by atoms with Crippen LogP contribution in [0.25, 0.3) is 0 Å². The second-order valence-corrected chi connectivity index (χ2v) is 8.04. The quantitative estimate of drug-likeness (QED) is 0.683. The maximum atomic E-state index is 12.4. The first-order chi connectivity index (χ1) is 11.1. The maximum absolute atomic E-state index is 12.4. The van der Waals surface area contributed by atoms with Gasteiger partial charge in [-0.05, 0) is 80.8 Å². The molecule has 0 radical (unpaired) electrons. The molecule has 5 rings (SSSR count). The lowest BCUT2D eigenvalue weighted by atomic mass is 9.49. The lowest BCUT2D eigenvalue weighted by Gasteiger charge is -2.56. The fourth-order valence-corrected chi connectivity index (χ4v) is 5.67. The highest BCUT2D eigenvalue weighted by atomic mass is 16.2. The van der Waals surface area contributed by atoms with E-state index >= 15 is 0 Å². The number of aromatic nitrogens is 1. The van der Waals surface area contributed by atoms with Gasteiger partial charge >= 0.3 is 0 Å². The van der Waals surface area contributed by atoms with Crippen molar-refractivity contribution in [2.45, 2.75) is 51.9 Å². The van der Waals surface area contributed by atoms with Crippen LogP contribution in [-0.2, 0) is 4.79 Å². The van der Waals surface area contributed by atoms with Gasteiger partial charge in [0, 0.05) is 12.6 Å². The molecule has 23 heavy (non-hydrogen) atoms. The first kappa shape index (κ1) is 14.9. The zero-order chi connectivity index (χ0) is 15.9. The third-order valence-corrected chi connectivity index (χ3v) is 6.08. The molecule has 1 N–H and O–H groups in total. The van der Waals surface area contributed by atoms with Gasteiger partial charge in [-0.3, -0.25) is 9.78 Å². The molecule has 0 atom stereocenters. The summed E-state index contributed by atoms with van der Waals surface area (Å²) >= 11 is 0. The topological polar surface area (TPSA) is 54.4 Å². The molecule has 4 heteroatoms. The number of pyridine rings is 1. The molecule has 4 fully saturated rings. The van der Waals surface area contributed by atoms with Gasteiger partial charge in [-0.2, -0.15) is 5.10 Å². The first-order valence-corrected chi connectivity index (χ1v) is 8.86. The van der Waals surface area contributed by atoms with Crippen LogP contribution in [0.3, 0.4) is 0 Å². The van der Waals surface area contributed by atoms with Gasteiger partial charge in [0.25, 0.3) is 0 Å². The number of rotatable bonds is 4. The van der Waals surface area contributed by atoms with Crippen LogP contribution < -0.4 is 5.43 Å². The minimum Gasteiger partial charge on any atom is -0.273 e. The van der Waals surface area contributed by atoms with Crippen molar-refractivity contribution in [3.05, 3.63) is 30.1 Å². The van der Waals surface area contributed by atoms with Crippen LogP contribution in [0.15, 0.2) is 29.5 Å². The van der Waals surface area contributed by atoms with Crippen LogP contribution in [0.1, 0.15) is 57.6 Å². The van der Waals surface area contributed by atoms with E-state index in [1.54, 1.807) is 6.20 Å². The van der Waals surface area contributed by atoms with Crippen LogP contribution in [-0.4, -0.2) is 16.6 Å². The number of nitrogens with one attached hydrogen (secondary N) is 1. The summed E-state index contributed by atoms with van der Waals surface area (Å²) in [5, 5.41) is 4.25. The fourth-order valence-electron chi connectivity index (χ4n) is 5.67. The van der Waals surface area contributed by atoms with Crippen molar-refractivity contribution in [2.24, 2.45) is 28.3 Å². The Bertz CT molecular complexity index is 587. The van der Waals surface area contributed by atoms with Crippen molar-refractivity contribution in [1.29, 1.82) is 0 Å². The molecule has 4 aliphatic rings. The first-order valence-electron chi connectivity index (χ1n) is 8.86. The van der Waals surface area contributed by atoms with Crippen molar-refractivity contribution in [3.63, 3.8) is 0 Å². The van der Waals surface area contributed by atoms with E-state index in [1.807, 2.05) is 25.1 Å². The SMILES string of the molecule is C/C(=N/NC(=O)CC12CC3CC(CC(C3)C1)C2)c1ccccn1. The Kier molecular flexibility index (Phi) is 3.70. The molecule has 4 bridgehead atoms. The Hall–Kier alpha value is -1.71. The number of hydrogen-bond donors (Lipinski definition) is 1. The van der Waals surface area contributed by atoms with Gasteiger partial charge in [0.05, 0.1) is 11.4 Å². The summed E-state index contributed by atoms with van der Waals surface area (Å²) in [6.45, 7) is 1.88. The summed E-state index contributed by atoms with van der Waals surface area (Å²) in [5.74, 6) is 2.72. The third-order valence-electron chi connectivity index (χ3n) is 6.08. The Balaban J connectivity index is 1.39. The van der Waals surface area contributed by atoms with Gasteiger partial charge in [-0.15, -0.1) is 0 Å². The summed E-state index contributed by atoms with van der Waals surface area (Å²) in [6, 6.07) is 5.71. The molecular formula is C19H25N3O. The number of carbonyl (C=O) groups is 1. The van der Waals surface area contributed by atoms with E-state index in [4.69, 9.17) is 0 Å². The predicted molar refractivity (Wildman–Crippen MR) is 89.8 cm³/mol. The van der Waals surface area contributed by atoms with Crippen molar-refractivity contribution in [2.75, 3.05) is 0 Å². The zero-order valence-corrected chi connectivity index (χ0v) is 13.8. The highest BCUT2D eigenvalue weighted by Crippen LogP contribution is 2.61. The Morgan fingerprint density at radius 2 is 1.87 bits per heavy atom. The number of amides is 1. The molecule has 0 aliphatic heterocycles. The van der Waals surface area contributed by atoms with Gasteiger partial charge in [0.1, 0.15) is 0 Å². The molecule has 4 aliphatic carbocycles. The molecule has 4 nitrogen and oxygen atoms in total. The lowest BCUT2D eigenvalue weighted by molar-refractivity contribution is -0.129. The molecule has 0 aromatic carbocycles. The summed E-state index contributed by atoms with van der Waals surface area (Å²) in [7, 11) is 0. The van der Waals surface area contributed by atoms with Crippen LogP contribution in [0.5, 0.6) is 0 Å². The summed E-state index contributed by atoms with van der Waals surface area (Å²) in [6.07, 6.45) is 10.4. The highest BCUT2D eigenvalue weighted by molar-refractivity contribution is 5.97. The molecule has 0 unspecified atom stereocenters. The minimum absolute atomic E-state index is 0.0715. The van der Waals surface area contributed by atoms with Crippen LogP contribution in [0.4, 0.5) is 0 Å².